The topological polar surface area (TPSA) is 0 Å². The fourth-order valence-corrected chi connectivity index (χ4v) is 0.759. The highest BCUT2D eigenvalue weighted by Gasteiger charge is 1.94. The van der Waals surface area contributed by atoms with E-state index in [-0.39, 0.29) is 0 Å². The minimum absolute atomic E-state index is 0.572. The van der Waals surface area contributed by atoms with Gasteiger partial charge in [0.1, 0.15) is 0 Å². The van der Waals surface area contributed by atoms with Gasteiger partial charge in [0.25, 0.3) is 0 Å². The van der Waals surface area contributed by atoms with E-state index in [9.17, 15) is 0 Å². The Hall–Kier alpha value is -0.780. The van der Waals surface area contributed by atoms with Crippen molar-refractivity contribution in [3.05, 3.63) is 36.0 Å². The predicted octanol–water partition coefficient (Wildman–Crippen LogP) is 3.72. The molecule has 0 aromatic carbocycles. The van der Waals surface area contributed by atoms with E-state index in [2.05, 4.69) is 46.4 Å². The standard InChI is InChI=1S/C11H18/c1-6-11(10(4)5)8-7-9(2)3/h6-8,10H,1H2,2-5H3/b11-8+. The molecule has 0 spiro atoms. The molecule has 0 fully saturated rings. The lowest BCUT2D eigenvalue weighted by Gasteiger charge is -2.03. The van der Waals surface area contributed by atoms with Gasteiger partial charge in [-0.05, 0) is 25.3 Å². The van der Waals surface area contributed by atoms with Gasteiger partial charge in [-0.3, -0.25) is 0 Å². The minimum atomic E-state index is 0.572. The largest absolute Gasteiger partial charge is 0.0988 e. The first-order valence-electron chi connectivity index (χ1n) is 4.05. The Bertz CT molecular complexity index is 176. The molecule has 0 nitrogen and oxygen atoms in total. The zero-order chi connectivity index (χ0) is 8.85. The molecule has 0 amide bonds. The summed E-state index contributed by atoms with van der Waals surface area (Å²) < 4.78 is 0. The van der Waals surface area contributed by atoms with Crippen LogP contribution >= 0.6 is 0 Å². The molecule has 0 radical (unpaired) electrons. The van der Waals surface area contributed by atoms with Crippen molar-refractivity contribution < 1.29 is 0 Å². The monoisotopic (exact) mass is 150 g/mol. The highest BCUT2D eigenvalue weighted by atomic mass is 14.0. The van der Waals surface area contributed by atoms with Gasteiger partial charge in [-0.1, -0.05) is 44.2 Å². The van der Waals surface area contributed by atoms with E-state index >= 15 is 0 Å². The zero-order valence-electron chi connectivity index (χ0n) is 8.02. The molecule has 0 aromatic rings. The van der Waals surface area contributed by atoms with Crippen LogP contribution in [0.4, 0.5) is 0 Å². The molecule has 0 heterocycles. The fourth-order valence-electron chi connectivity index (χ4n) is 0.759. The maximum absolute atomic E-state index is 3.76. The summed E-state index contributed by atoms with van der Waals surface area (Å²) in [7, 11) is 0. The normalized spacial score (nSPS) is 11.5. The summed E-state index contributed by atoms with van der Waals surface area (Å²) in [5.74, 6) is 0.572. The summed E-state index contributed by atoms with van der Waals surface area (Å²) in [4.78, 5) is 0. The third kappa shape index (κ3) is 4.60. The molecule has 0 aliphatic heterocycles. The lowest BCUT2D eigenvalue weighted by molar-refractivity contribution is 0.792. The van der Waals surface area contributed by atoms with Crippen LogP contribution in [0, 0.1) is 5.92 Å². The van der Waals surface area contributed by atoms with Crippen molar-refractivity contribution in [2.75, 3.05) is 0 Å². The van der Waals surface area contributed by atoms with E-state index in [1.807, 2.05) is 6.08 Å². The molecule has 0 atom stereocenters. The quantitative estimate of drug-likeness (QED) is 0.538. The van der Waals surface area contributed by atoms with E-state index in [0.717, 1.165) is 0 Å². The van der Waals surface area contributed by atoms with Gasteiger partial charge in [-0.25, -0.2) is 0 Å². The summed E-state index contributed by atoms with van der Waals surface area (Å²) in [5, 5.41) is 0. The Morgan fingerprint density at radius 2 is 1.73 bits per heavy atom. The van der Waals surface area contributed by atoms with Crippen molar-refractivity contribution in [2.24, 2.45) is 5.92 Å². The van der Waals surface area contributed by atoms with Gasteiger partial charge in [0, 0.05) is 0 Å². The first kappa shape index (κ1) is 10.2. The third-order valence-electron chi connectivity index (χ3n) is 1.51. The van der Waals surface area contributed by atoms with Crippen molar-refractivity contribution in [3.8, 4) is 0 Å². The van der Waals surface area contributed by atoms with Crippen LogP contribution in [0.15, 0.2) is 36.0 Å². The molecular weight excluding hydrogens is 132 g/mol. The summed E-state index contributed by atoms with van der Waals surface area (Å²) in [6.45, 7) is 12.3. The lowest BCUT2D eigenvalue weighted by atomic mass is 10.0. The van der Waals surface area contributed by atoms with Crippen molar-refractivity contribution in [1.82, 2.24) is 0 Å². The molecule has 0 bridgehead atoms. The van der Waals surface area contributed by atoms with Crippen LogP contribution in [0.2, 0.25) is 0 Å². The van der Waals surface area contributed by atoms with E-state index < -0.39 is 0 Å². The van der Waals surface area contributed by atoms with Crippen LogP contribution in [0.3, 0.4) is 0 Å². The zero-order valence-corrected chi connectivity index (χ0v) is 8.02. The SMILES string of the molecule is C=C/C(=C\C=C(C)C)C(C)C. The van der Waals surface area contributed by atoms with Gasteiger partial charge >= 0.3 is 0 Å². The molecule has 0 N–H and O–H groups in total. The molecule has 0 heteroatoms. The van der Waals surface area contributed by atoms with Crippen LogP contribution in [-0.2, 0) is 0 Å². The first-order valence-corrected chi connectivity index (χ1v) is 4.05. The summed E-state index contributed by atoms with van der Waals surface area (Å²) in [5.41, 5.74) is 2.62. The van der Waals surface area contributed by atoms with Crippen LogP contribution in [0.25, 0.3) is 0 Å². The van der Waals surface area contributed by atoms with Crippen LogP contribution in [0.5, 0.6) is 0 Å². The van der Waals surface area contributed by atoms with Crippen molar-refractivity contribution >= 4 is 0 Å². The molecule has 0 saturated carbocycles. The van der Waals surface area contributed by atoms with Gasteiger partial charge in [0.15, 0.2) is 0 Å². The number of allylic oxidation sites excluding steroid dienone is 5. The number of rotatable bonds is 3. The lowest BCUT2D eigenvalue weighted by Crippen LogP contribution is -1.88. The second-order valence-electron chi connectivity index (χ2n) is 3.27. The van der Waals surface area contributed by atoms with Gasteiger partial charge in [0.2, 0.25) is 0 Å². The van der Waals surface area contributed by atoms with Crippen molar-refractivity contribution in [1.29, 1.82) is 0 Å². The van der Waals surface area contributed by atoms with Crippen molar-refractivity contribution in [2.45, 2.75) is 27.7 Å². The molecule has 62 valence electrons. The molecule has 0 rings (SSSR count). The Morgan fingerprint density at radius 3 is 2.00 bits per heavy atom. The molecular formula is C11H18. The van der Waals surface area contributed by atoms with Gasteiger partial charge in [0.05, 0.1) is 0 Å². The second-order valence-corrected chi connectivity index (χ2v) is 3.27. The van der Waals surface area contributed by atoms with Gasteiger partial charge in [-0.15, -0.1) is 0 Å². The van der Waals surface area contributed by atoms with Crippen LogP contribution < -0.4 is 0 Å². The van der Waals surface area contributed by atoms with Gasteiger partial charge in [-0.2, -0.15) is 0 Å². The van der Waals surface area contributed by atoms with E-state index in [1.165, 1.54) is 11.1 Å². The first-order chi connectivity index (χ1) is 5.07. The molecule has 0 aromatic heterocycles. The van der Waals surface area contributed by atoms with Crippen molar-refractivity contribution in [3.63, 3.8) is 0 Å². The summed E-state index contributed by atoms with van der Waals surface area (Å²) in [6.07, 6.45) is 6.17. The average molecular weight is 150 g/mol. The number of hydrogen-bond donors (Lipinski definition) is 0. The Labute approximate surface area is 70.3 Å². The molecule has 11 heavy (non-hydrogen) atoms. The molecule has 0 aliphatic carbocycles. The van der Waals surface area contributed by atoms with E-state index in [4.69, 9.17) is 0 Å². The summed E-state index contributed by atoms with van der Waals surface area (Å²) >= 11 is 0. The maximum Gasteiger partial charge on any atom is -0.0219 e. The smallest absolute Gasteiger partial charge is 0.0219 e. The third-order valence-corrected chi connectivity index (χ3v) is 1.51. The van der Waals surface area contributed by atoms with E-state index in [1.54, 1.807) is 0 Å². The number of hydrogen-bond acceptors (Lipinski definition) is 0. The van der Waals surface area contributed by atoms with E-state index in [0.29, 0.717) is 5.92 Å². The predicted molar refractivity (Wildman–Crippen MR) is 52.5 cm³/mol. The Morgan fingerprint density at radius 1 is 1.18 bits per heavy atom. The van der Waals surface area contributed by atoms with Crippen LogP contribution in [-0.4, -0.2) is 0 Å². The van der Waals surface area contributed by atoms with Crippen LogP contribution in [0.1, 0.15) is 27.7 Å². The minimum Gasteiger partial charge on any atom is -0.0988 e. The summed E-state index contributed by atoms with van der Waals surface area (Å²) in [6, 6.07) is 0. The highest BCUT2D eigenvalue weighted by molar-refractivity contribution is 5.24. The Balaban J connectivity index is 4.36. The molecule has 0 saturated heterocycles. The second kappa shape index (κ2) is 4.95. The Kier molecular flexibility index (Phi) is 4.60. The average Bonchev–Trinajstić information content (AvgIpc) is 1.87. The molecule has 0 aliphatic rings. The van der Waals surface area contributed by atoms with Gasteiger partial charge < -0.3 is 0 Å². The fraction of sp³-hybridized carbons (Fsp3) is 0.455. The maximum atomic E-state index is 3.76. The molecule has 0 unspecified atom stereocenters. The highest BCUT2D eigenvalue weighted by Crippen LogP contribution is 2.10.